The van der Waals surface area contributed by atoms with Crippen LogP contribution < -0.4 is 0 Å². The highest BCUT2D eigenvalue weighted by Gasteiger charge is 2.36. The lowest BCUT2D eigenvalue weighted by Gasteiger charge is -2.22. The van der Waals surface area contributed by atoms with E-state index in [-0.39, 0.29) is 16.3 Å². The Labute approximate surface area is 51.8 Å². The van der Waals surface area contributed by atoms with Crippen molar-refractivity contribution in [3.05, 3.63) is 10.1 Å². The van der Waals surface area contributed by atoms with Crippen LogP contribution in [0.2, 0.25) is 0 Å². The molecule has 1 aliphatic carbocycles. The fraction of sp³-hybridized carbons (Fsp3) is 1.00. The Kier molecular flexibility index (Phi) is 1.38. The van der Waals surface area contributed by atoms with Crippen LogP contribution in [-0.2, 0) is 0 Å². The van der Waals surface area contributed by atoms with Crippen molar-refractivity contribution in [1.29, 1.82) is 0 Å². The van der Waals surface area contributed by atoms with E-state index in [1.54, 1.807) is 0 Å². The van der Waals surface area contributed by atoms with Crippen molar-refractivity contribution in [1.82, 2.24) is 0 Å². The van der Waals surface area contributed by atoms with E-state index in [2.05, 4.69) is 0 Å². The lowest BCUT2D eigenvalue weighted by Crippen LogP contribution is -2.35. The Morgan fingerprint density at radius 3 is 2.25 bits per heavy atom. The summed E-state index contributed by atoms with van der Waals surface area (Å²) in [7, 11) is 0. The third-order valence-corrected chi connectivity index (χ3v) is 1.71. The zero-order valence-corrected chi connectivity index (χ0v) is 4.97. The van der Waals surface area contributed by atoms with Crippen molar-refractivity contribution in [3.8, 4) is 0 Å². The maximum absolute atomic E-state index is 9.87. The maximum Gasteiger partial charge on any atom is 0.216 e. The van der Waals surface area contributed by atoms with Crippen molar-refractivity contribution in [2.75, 3.05) is 0 Å². The second kappa shape index (κ2) is 1.90. The van der Waals surface area contributed by atoms with Crippen LogP contribution in [-0.4, -0.2) is 16.3 Å². The smallest absolute Gasteiger partial charge is 0.216 e. The van der Waals surface area contributed by atoms with Gasteiger partial charge < -0.3 is 0 Å². The summed E-state index contributed by atoms with van der Waals surface area (Å²) in [4.78, 5) is 9.61. The van der Waals surface area contributed by atoms with Crippen LogP contribution >= 0.6 is 11.6 Å². The molecular formula is C4H6ClNO2. The first-order chi connectivity index (χ1) is 3.70. The van der Waals surface area contributed by atoms with E-state index in [9.17, 15) is 10.1 Å². The fourth-order valence-corrected chi connectivity index (χ4v) is 1.10. The highest BCUT2D eigenvalue weighted by atomic mass is 35.5. The average Bonchev–Trinajstić information content (AvgIpc) is 1.57. The second-order valence-electron chi connectivity index (χ2n) is 2.01. The molecule has 0 aromatic carbocycles. The molecule has 0 aliphatic heterocycles. The van der Waals surface area contributed by atoms with Gasteiger partial charge in [0.05, 0.1) is 0 Å². The normalized spacial score (nSPS) is 36.1. The van der Waals surface area contributed by atoms with Gasteiger partial charge in [0.15, 0.2) is 0 Å². The summed E-state index contributed by atoms with van der Waals surface area (Å²) in [5.74, 6) is 0. The molecule has 4 heteroatoms. The first-order valence-corrected chi connectivity index (χ1v) is 2.91. The standard InChI is InChI=1S/C4H6ClNO2/c5-3-1-4(2-3)6(7)8/h3-4H,1-2H2. The summed E-state index contributed by atoms with van der Waals surface area (Å²) < 4.78 is 0. The van der Waals surface area contributed by atoms with Gasteiger partial charge in [0, 0.05) is 23.1 Å². The average molecular weight is 136 g/mol. The molecule has 0 aromatic heterocycles. The third kappa shape index (κ3) is 0.916. The van der Waals surface area contributed by atoms with Crippen LogP contribution in [0, 0.1) is 10.1 Å². The minimum atomic E-state index is -0.350. The van der Waals surface area contributed by atoms with Crippen molar-refractivity contribution >= 4 is 11.6 Å². The van der Waals surface area contributed by atoms with Gasteiger partial charge in [-0.3, -0.25) is 10.1 Å². The molecule has 0 heterocycles. The van der Waals surface area contributed by atoms with E-state index in [4.69, 9.17) is 11.6 Å². The lowest BCUT2D eigenvalue weighted by atomic mass is 9.93. The summed E-state index contributed by atoms with van der Waals surface area (Å²) in [5.41, 5.74) is 0. The molecule has 1 aliphatic rings. The van der Waals surface area contributed by atoms with E-state index in [1.165, 1.54) is 0 Å². The molecule has 8 heavy (non-hydrogen) atoms. The monoisotopic (exact) mass is 135 g/mol. The summed E-state index contributed by atoms with van der Waals surface area (Å²) in [6.45, 7) is 0. The molecule has 1 fully saturated rings. The Morgan fingerprint density at radius 1 is 1.62 bits per heavy atom. The predicted molar refractivity (Wildman–Crippen MR) is 29.7 cm³/mol. The zero-order valence-electron chi connectivity index (χ0n) is 4.21. The minimum Gasteiger partial charge on any atom is -0.264 e. The fourth-order valence-electron chi connectivity index (χ4n) is 0.694. The molecule has 0 radical (unpaired) electrons. The minimum absolute atomic E-state index is 0.0606. The number of hydrogen-bond donors (Lipinski definition) is 0. The van der Waals surface area contributed by atoms with Crippen LogP contribution in [0.5, 0.6) is 0 Å². The Bertz CT molecular complexity index is 111. The lowest BCUT2D eigenvalue weighted by molar-refractivity contribution is -0.535. The molecule has 0 unspecified atom stereocenters. The topological polar surface area (TPSA) is 43.1 Å². The van der Waals surface area contributed by atoms with Gasteiger partial charge in [-0.25, -0.2) is 0 Å². The van der Waals surface area contributed by atoms with Gasteiger partial charge in [0.25, 0.3) is 0 Å². The molecule has 3 nitrogen and oxygen atoms in total. The van der Waals surface area contributed by atoms with Crippen molar-refractivity contribution < 1.29 is 4.92 Å². The molecule has 46 valence electrons. The Morgan fingerprint density at radius 2 is 2.12 bits per heavy atom. The van der Waals surface area contributed by atoms with Crippen LogP contribution in [0.25, 0.3) is 0 Å². The number of hydrogen-bond acceptors (Lipinski definition) is 2. The van der Waals surface area contributed by atoms with Crippen LogP contribution in [0.3, 0.4) is 0 Å². The van der Waals surface area contributed by atoms with Crippen molar-refractivity contribution in [2.24, 2.45) is 0 Å². The van der Waals surface area contributed by atoms with E-state index in [0.29, 0.717) is 12.8 Å². The molecule has 0 aromatic rings. The van der Waals surface area contributed by atoms with Gasteiger partial charge in [-0.2, -0.15) is 0 Å². The molecule has 0 spiro atoms. The van der Waals surface area contributed by atoms with Crippen molar-refractivity contribution in [3.63, 3.8) is 0 Å². The highest BCUT2D eigenvalue weighted by molar-refractivity contribution is 6.21. The van der Waals surface area contributed by atoms with Crippen molar-refractivity contribution in [2.45, 2.75) is 24.3 Å². The molecule has 0 bridgehead atoms. The van der Waals surface area contributed by atoms with E-state index >= 15 is 0 Å². The number of nitrogens with zero attached hydrogens (tertiary/aromatic N) is 1. The largest absolute Gasteiger partial charge is 0.264 e. The molecular weight excluding hydrogens is 130 g/mol. The molecule has 0 saturated heterocycles. The van der Waals surface area contributed by atoms with E-state index in [0.717, 1.165) is 0 Å². The summed E-state index contributed by atoms with van der Waals surface area (Å²) in [6, 6.07) is -0.350. The Balaban J connectivity index is 2.25. The molecule has 1 rings (SSSR count). The first-order valence-electron chi connectivity index (χ1n) is 2.47. The number of nitro groups is 1. The van der Waals surface area contributed by atoms with Gasteiger partial charge >= 0.3 is 0 Å². The molecule has 1 saturated carbocycles. The summed E-state index contributed by atoms with van der Waals surface area (Å²) in [6.07, 6.45) is 1.10. The highest BCUT2D eigenvalue weighted by Crippen LogP contribution is 2.27. The van der Waals surface area contributed by atoms with Gasteiger partial charge in [0.2, 0.25) is 6.04 Å². The molecule has 0 atom stereocenters. The van der Waals surface area contributed by atoms with E-state index < -0.39 is 0 Å². The van der Waals surface area contributed by atoms with Gasteiger partial charge in [-0.1, -0.05) is 0 Å². The number of halogens is 1. The Hall–Kier alpha value is -0.310. The third-order valence-electron chi connectivity index (χ3n) is 1.35. The quantitative estimate of drug-likeness (QED) is 0.306. The molecule has 0 N–H and O–H groups in total. The molecule has 0 amide bonds. The second-order valence-corrected chi connectivity index (χ2v) is 2.63. The van der Waals surface area contributed by atoms with E-state index in [1.807, 2.05) is 0 Å². The van der Waals surface area contributed by atoms with Gasteiger partial charge in [-0.15, -0.1) is 11.6 Å². The first kappa shape index (κ1) is 5.82. The van der Waals surface area contributed by atoms with Gasteiger partial charge in [-0.05, 0) is 0 Å². The van der Waals surface area contributed by atoms with Crippen LogP contribution in [0.4, 0.5) is 0 Å². The maximum atomic E-state index is 9.87. The SMILES string of the molecule is O=[N+]([O-])C1CC(Cl)C1. The van der Waals surface area contributed by atoms with Gasteiger partial charge in [0.1, 0.15) is 0 Å². The predicted octanol–water partition coefficient (Wildman–Crippen LogP) is 1.03. The summed E-state index contributed by atoms with van der Waals surface area (Å²) >= 11 is 5.48. The number of alkyl halides is 1. The van der Waals surface area contributed by atoms with Crippen LogP contribution in [0.1, 0.15) is 12.8 Å². The van der Waals surface area contributed by atoms with Crippen LogP contribution in [0.15, 0.2) is 0 Å². The number of rotatable bonds is 1. The zero-order chi connectivity index (χ0) is 6.15. The summed E-state index contributed by atoms with van der Waals surface area (Å²) in [5, 5.41) is 9.93.